The van der Waals surface area contributed by atoms with E-state index in [1.807, 2.05) is 44.2 Å². The number of pyridine rings is 1. The third-order valence-corrected chi connectivity index (χ3v) is 4.61. The summed E-state index contributed by atoms with van der Waals surface area (Å²) in [5.41, 5.74) is 2.85. The van der Waals surface area contributed by atoms with Crippen LogP contribution < -0.4 is 16.0 Å². The summed E-state index contributed by atoms with van der Waals surface area (Å²) in [5, 5.41) is 10.0. The highest BCUT2D eigenvalue weighted by molar-refractivity contribution is 14.0. The molecule has 1 unspecified atom stereocenters. The molecule has 0 bridgehead atoms. The highest BCUT2D eigenvalue weighted by Crippen LogP contribution is 2.06. The number of carbonyl (C=O) groups is 1. The maximum absolute atomic E-state index is 12.1. The van der Waals surface area contributed by atoms with Crippen molar-refractivity contribution in [3.8, 4) is 0 Å². The van der Waals surface area contributed by atoms with E-state index in [0.29, 0.717) is 17.3 Å². The van der Waals surface area contributed by atoms with Crippen molar-refractivity contribution >= 4 is 47.4 Å². The fourth-order valence-electron chi connectivity index (χ4n) is 2.47. The third kappa shape index (κ3) is 8.99. The quantitative estimate of drug-likeness (QED) is 0.210. The molecule has 2 rings (SSSR count). The number of amides is 1. The molecule has 1 heterocycles. The van der Waals surface area contributed by atoms with E-state index in [2.05, 4.69) is 25.9 Å². The maximum Gasteiger partial charge on any atom is 0.251 e. The van der Waals surface area contributed by atoms with Crippen LogP contribution in [-0.4, -0.2) is 36.5 Å². The molecule has 1 aromatic heterocycles. The molecule has 0 radical (unpaired) electrons. The second kappa shape index (κ2) is 13.4. The summed E-state index contributed by atoms with van der Waals surface area (Å²) in [7, 11) is 1.74. The Morgan fingerprint density at radius 2 is 1.83 bits per heavy atom. The predicted octanol–water partition coefficient (Wildman–Crippen LogP) is 3.79. The summed E-state index contributed by atoms with van der Waals surface area (Å²) in [6.07, 6.45) is 3.51. The highest BCUT2D eigenvalue weighted by atomic mass is 127. The van der Waals surface area contributed by atoms with Gasteiger partial charge in [-0.25, -0.2) is 4.98 Å². The van der Waals surface area contributed by atoms with Gasteiger partial charge in [0.15, 0.2) is 5.96 Å². The molecule has 1 aromatic carbocycles. The fraction of sp³-hybridized carbons (Fsp3) is 0.381. The van der Waals surface area contributed by atoms with Crippen molar-refractivity contribution < 1.29 is 4.79 Å². The summed E-state index contributed by atoms with van der Waals surface area (Å²) in [6.45, 7) is 5.40. The van der Waals surface area contributed by atoms with Crippen molar-refractivity contribution in [2.75, 3.05) is 13.6 Å². The molecule has 0 aliphatic heterocycles. The minimum absolute atomic E-state index is 0. The van der Waals surface area contributed by atoms with Crippen LogP contribution in [0.2, 0.25) is 5.15 Å². The summed E-state index contributed by atoms with van der Waals surface area (Å²) < 4.78 is 0. The zero-order valence-electron chi connectivity index (χ0n) is 17.0. The van der Waals surface area contributed by atoms with Gasteiger partial charge in [-0.05, 0) is 49.1 Å². The number of nitrogens with one attached hydrogen (secondary N) is 3. The zero-order valence-corrected chi connectivity index (χ0v) is 20.1. The molecule has 1 atom stereocenters. The molecule has 0 aliphatic carbocycles. The molecule has 29 heavy (non-hydrogen) atoms. The first-order chi connectivity index (χ1) is 13.5. The van der Waals surface area contributed by atoms with Crippen LogP contribution in [0.1, 0.15) is 41.8 Å². The predicted molar refractivity (Wildman–Crippen MR) is 130 cm³/mol. The highest BCUT2D eigenvalue weighted by Gasteiger charge is 2.08. The molecule has 1 amide bonds. The minimum Gasteiger partial charge on any atom is -0.356 e. The lowest BCUT2D eigenvalue weighted by atomic mass is 10.1. The van der Waals surface area contributed by atoms with E-state index in [1.54, 1.807) is 19.3 Å². The third-order valence-electron chi connectivity index (χ3n) is 4.38. The van der Waals surface area contributed by atoms with E-state index < -0.39 is 0 Å². The Morgan fingerprint density at radius 1 is 1.14 bits per heavy atom. The number of aliphatic imine (C=N–C) groups is 1. The lowest BCUT2D eigenvalue weighted by molar-refractivity contribution is 0.0939. The molecular weight excluding hydrogens is 501 g/mol. The van der Waals surface area contributed by atoms with Gasteiger partial charge in [0.2, 0.25) is 0 Å². The molecule has 2 aromatic rings. The van der Waals surface area contributed by atoms with Crippen molar-refractivity contribution in [3.05, 3.63) is 64.4 Å². The Hall–Kier alpha value is -1.87. The second-order valence-electron chi connectivity index (χ2n) is 6.57. The van der Waals surface area contributed by atoms with Crippen molar-refractivity contribution in [3.63, 3.8) is 0 Å². The van der Waals surface area contributed by atoms with E-state index in [0.717, 1.165) is 36.5 Å². The molecule has 0 spiro atoms. The van der Waals surface area contributed by atoms with Crippen LogP contribution in [0.5, 0.6) is 0 Å². The number of nitrogens with zero attached hydrogens (tertiary/aromatic N) is 2. The molecule has 3 N–H and O–H groups in total. The van der Waals surface area contributed by atoms with Crippen LogP contribution in [0.3, 0.4) is 0 Å². The lowest BCUT2D eigenvalue weighted by Gasteiger charge is -2.13. The Morgan fingerprint density at radius 3 is 2.41 bits per heavy atom. The van der Waals surface area contributed by atoms with Crippen LogP contribution in [-0.2, 0) is 13.0 Å². The lowest BCUT2D eigenvalue weighted by Crippen LogP contribution is -2.37. The largest absolute Gasteiger partial charge is 0.356 e. The summed E-state index contributed by atoms with van der Waals surface area (Å²) in [6, 6.07) is 11.5. The fourth-order valence-corrected chi connectivity index (χ4v) is 2.58. The number of halogens is 2. The number of aromatic nitrogens is 1. The first kappa shape index (κ1) is 25.2. The standard InChI is InChI=1S/C21H28ClN5O.HI/c1-4-15(2)27-20(28)18-8-5-16(6-9-18)14-26-21(23-3)24-12-11-17-7-10-19(22)25-13-17;/h5-10,13,15H,4,11-12,14H2,1-3H3,(H,27,28)(H2,23,24,26);1H. The summed E-state index contributed by atoms with van der Waals surface area (Å²) in [5.74, 6) is 0.684. The number of guanidine groups is 1. The molecule has 158 valence electrons. The van der Waals surface area contributed by atoms with Gasteiger partial charge in [-0.1, -0.05) is 36.7 Å². The van der Waals surface area contributed by atoms with Gasteiger partial charge in [0.05, 0.1) is 0 Å². The SMILES string of the molecule is CCC(C)NC(=O)c1ccc(CNC(=NC)NCCc2ccc(Cl)nc2)cc1.I. The second-order valence-corrected chi connectivity index (χ2v) is 6.96. The van der Waals surface area contributed by atoms with E-state index in [9.17, 15) is 4.79 Å². The Kier molecular flexibility index (Phi) is 11.6. The van der Waals surface area contributed by atoms with Gasteiger partial charge in [-0.2, -0.15) is 0 Å². The van der Waals surface area contributed by atoms with Gasteiger partial charge >= 0.3 is 0 Å². The Labute approximate surface area is 195 Å². The first-order valence-electron chi connectivity index (χ1n) is 9.46. The maximum atomic E-state index is 12.1. The van der Waals surface area contributed by atoms with Gasteiger partial charge < -0.3 is 16.0 Å². The van der Waals surface area contributed by atoms with E-state index in [1.165, 1.54) is 0 Å². The molecule has 8 heteroatoms. The molecular formula is C21H29ClIN5O. The number of hydrogen-bond donors (Lipinski definition) is 3. The van der Waals surface area contributed by atoms with Gasteiger partial charge in [0.25, 0.3) is 5.91 Å². The Bertz CT molecular complexity index is 781. The van der Waals surface area contributed by atoms with Gasteiger partial charge in [-0.15, -0.1) is 24.0 Å². The van der Waals surface area contributed by atoms with Crippen LogP contribution in [0, 0.1) is 0 Å². The van der Waals surface area contributed by atoms with Gasteiger partial charge in [0, 0.05) is 37.9 Å². The first-order valence-corrected chi connectivity index (χ1v) is 9.84. The smallest absolute Gasteiger partial charge is 0.251 e. The average Bonchev–Trinajstić information content (AvgIpc) is 2.72. The molecule has 0 aliphatic rings. The monoisotopic (exact) mass is 529 g/mol. The zero-order chi connectivity index (χ0) is 20.4. The minimum atomic E-state index is -0.0389. The van der Waals surface area contributed by atoms with Crippen molar-refractivity contribution in [1.82, 2.24) is 20.9 Å². The van der Waals surface area contributed by atoms with Crippen LogP contribution in [0.15, 0.2) is 47.6 Å². The van der Waals surface area contributed by atoms with Crippen LogP contribution in [0.25, 0.3) is 0 Å². The van der Waals surface area contributed by atoms with Crippen molar-refractivity contribution in [1.29, 1.82) is 0 Å². The Balaban J connectivity index is 0.00000420. The van der Waals surface area contributed by atoms with Crippen molar-refractivity contribution in [2.45, 2.75) is 39.3 Å². The number of rotatable bonds is 8. The molecule has 0 saturated heterocycles. The average molecular weight is 530 g/mol. The van der Waals surface area contributed by atoms with Crippen LogP contribution in [0.4, 0.5) is 0 Å². The molecule has 0 fully saturated rings. The summed E-state index contributed by atoms with van der Waals surface area (Å²) in [4.78, 5) is 20.4. The normalized spacial score (nSPS) is 11.9. The van der Waals surface area contributed by atoms with E-state index in [-0.39, 0.29) is 35.9 Å². The van der Waals surface area contributed by atoms with Crippen molar-refractivity contribution in [2.24, 2.45) is 4.99 Å². The van der Waals surface area contributed by atoms with E-state index in [4.69, 9.17) is 11.6 Å². The summed E-state index contributed by atoms with van der Waals surface area (Å²) >= 11 is 5.80. The van der Waals surface area contributed by atoms with Gasteiger partial charge in [-0.3, -0.25) is 9.79 Å². The number of hydrogen-bond acceptors (Lipinski definition) is 3. The number of benzene rings is 1. The topological polar surface area (TPSA) is 78.4 Å². The van der Waals surface area contributed by atoms with Crippen LogP contribution >= 0.6 is 35.6 Å². The molecule has 6 nitrogen and oxygen atoms in total. The number of carbonyl (C=O) groups excluding carboxylic acids is 1. The van der Waals surface area contributed by atoms with Gasteiger partial charge in [0.1, 0.15) is 5.15 Å². The molecule has 0 saturated carbocycles. The van der Waals surface area contributed by atoms with E-state index >= 15 is 0 Å².